The average Bonchev–Trinajstić information content (AvgIpc) is 3.09. The molecule has 0 radical (unpaired) electrons. The molecule has 0 aliphatic rings. The number of carbonyl (C=O) groups is 1. The monoisotopic (exact) mass is 755 g/mol. The number of hydrogen-bond acceptors (Lipinski definition) is 6. The van der Waals surface area contributed by atoms with Crippen molar-refractivity contribution in [3.8, 4) is 0 Å². The Bertz CT molecular complexity index is 973. The van der Waals surface area contributed by atoms with Crippen LogP contribution in [0.2, 0.25) is 0 Å². The van der Waals surface area contributed by atoms with E-state index in [9.17, 15) is 14.3 Å². The van der Waals surface area contributed by atoms with Crippen LogP contribution >= 0.6 is 7.82 Å². The zero-order chi connectivity index (χ0) is 38.4. The summed E-state index contributed by atoms with van der Waals surface area (Å²) in [6, 6.07) is 0. The number of unbranched alkanes of at least 4 members (excludes halogenated alkanes) is 16. The fourth-order valence-corrected chi connectivity index (χ4v) is 6.04. The first kappa shape index (κ1) is 50.5. The quantitative estimate of drug-likeness (QED) is 0.0221. The molecule has 0 saturated heterocycles. The Morgan fingerprint density at radius 2 is 1.08 bits per heavy atom. The molecule has 0 aromatic heterocycles. The minimum absolute atomic E-state index is 0.0819. The van der Waals surface area contributed by atoms with E-state index in [2.05, 4.69) is 62.5 Å². The highest BCUT2D eigenvalue weighted by Crippen LogP contribution is 2.43. The Kier molecular flexibility index (Phi) is 35.4. The largest absolute Gasteiger partial charge is 0.472 e. The highest BCUT2D eigenvalue weighted by Gasteiger charge is 2.26. The van der Waals surface area contributed by atoms with Crippen LogP contribution in [0.3, 0.4) is 0 Å². The fourth-order valence-electron chi connectivity index (χ4n) is 5.30. The van der Waals surface area contributed by atoms with E-state index in [1.165, 1.54) is 70.6 Å². The maximum absolute atomic E-state index is 12.7. The SMILES string of the molecule is CCCC/C=C\C/C=C\CCCCCCCC(=O)OC(COCCCCCCCC/C=C\C/C=C\CCCCC)COP(=O)(O)OCC[N+](C)(C)C. The van der Waals surface area contributed by atoms with Crippen LogP contribution in [0.15, 0.2) is 48.6 Å². The van der Waals surface area contributed by atoms with E-state index in [0.29, 0.717) is 24.1 Å². The molecule has 0 aliphatic heterocycles. The van der Waals surface area contributed by atoms with Crippen molar-refractivity contribution in [2.75, 3.05) is 54.1 Å². The highest BCUT2D eigenvalue weighted by atomic mass is 31.2. The van der Waals surface area contributed by atoms with Gasteiger partial charge in [0.05, 0.1) is 34.4 Å². The molecule has 8 nitrogen and oxygen atoms in total. The van der Waals surface area contributed by atoms with Crippen LogP contribution in [0.5, 0.6) is 0 Å². The molecule has 0 amide bonds. The van der Waals surface area contributed by atoms with Gasteiger partial charge in [-0.2, -0.15) is 0 Å². The van der Waals surface area contributed by atoms with Gasteiger partial charge in [-0.05, 0) is 70.6 Å². The van der Waals surface area contributed by atoms with E-state index >= 15 is 0 Å². The summed E-state index contributed by atoms with van der Waals surface area (Å²) < 4.78 is 34.9. The van der Waals surface area contributed by atoms with Crippen LogP contribution < -0.4 is 0 Å². The van der Waals surface area contributed by atoms with Crippen molar-refractivity contribution in [1.82, 2.24) is 0 Å². The predicted octanol–water partition coefficient (Wildman–Crippen LogP) is 12.0. The fraction of sp³-hybridized carbons (Fsp3) is 0.791. The molecular weight excluding hydrogens is 673 g/mol. The van der Waals surface area contributed by atoms with Crippen LogP contribution in [0, 0.1) is 0 Å². The van der Waals surface area contributed by atoms with E-state index in [1.54, 1.807) is 0 Å². The molecule has 0 spiro atoms. The number of nitrogens with zero attached hydrogens (tertiary/aromatic N) is 1. The van der Waals surface area contributed by atoms with E-state index in [-0.39, 0.29) is 25.8 Å². The number of likely N-dealkylation sites (N-methyl/N-ethyl adjacent to an activating group) is 1. The third-order valence-electron chi connectivity index (χ3n) is 8.61. The molecule has 0 aromatic rings. The number of quaternary nitrogens is 1. The Morgan fingerprint density at radius 1 is 0.596 bits per heavy atom. The average molecular weight is 755 g/mol. The lowest BCUT2D eigenvalue weighted by Gasteiger charge is -2.24. The molecule has 9 heteroatoms. The van der Waals surface area contributed by atoms with Gasteiger partial charge in [-0.1, -0.05) is 133 Å². The Morgan fingerprint density at radius 3 is 1.62 bits per heavy atom. The first-order valence-electron chi connectivity index (χ1n) is 20.9. The summed E-state index contributed by atoms with van der Waals surface area (Å²) in [5.74, 6) is -0.334. The van der Waals surface area contributed by atoms with Crippen molar-refractivity contribution >= 4 is 13.8 Å². The summed E-state index contributed by atoms with van der Waals surface area (Å²) >= 11 is 0. The number of phosphoric acid groups is 1. The van der Waals surface area contributed by atoms with E-state index in [4.69, 9.17) is 18.5 Å². The van der Waals surface area contributed by atoms with Crippen LogP contribution in [-0.4, -0.2) is 75.6 Å². The maximum Gasteiger partial charge on any atom is 0.472 e. The van der Waals surface area contributed by atoms with Crippen molar-refractivity contribution in [3.05, 3.63) is 48.6 Å². The molecule has 1 N–H and O–H groups in total. The van der Waals surface area contributed by atoms with Gasteiger partial charge in [-0.25, -0.2) is 4.57 Å². The van der Waals surface area contributed by atoms with Crippen molar-refractivity contribution in [2.24, 2.45) is 0 Å². The minimum atomic E-state index is -4.28. The van der Waals surface area contributed by atoms with Gasteiger partial charge in [0, 0.05) is 13.0 Å². The van der Waals surface area contributed by atoms with E-state index in [0.717, 1.165) is 70.6 Å². The molecule has 304 valence electrons. The first-order chi connectivity index (χ1) is 25.1. The lowest BCUT2D eigenvalue weighted by atomic mass is 10.1. The molecule has 0 aliphatic carbocycles. The Balaban J connectivity index is 4.31. The van der Waals surface area contributed by atoms with Gasteiger partial charge in [-0.15, -0.1) is 0 Å². The number of allylic oxidation sites excluding steroid dienone is 8. The molecule has 52 heavy (non-hydrogen) atoms. The number of phosphoric ester groups is 1. The van der Waals surface area contributed by atoms with Crippen LogP contribution in [0.4, 0.5) is 0 Å². The summed E-state index contributed by atoms with van der Waals surface area (Å²) in [5.41, 5.74) is 0. The third-order valence-corrected chi connectivity index (χ3v) is 9.60. The smallest absolute Gasteiger partial charge is 0.457 e. The summed E-state index contributed by atoms with van der Waals surface area (Å²) in [5, 5.41) is 0. The number of carbonyl (C=O) groups excluding carboxylic acids is 1. The van der Waals surface area contributed by atoms with Gasteiger partial charge in [-0.3, -0.25) is 13.8 Å². The predicted molar refractivity (Wildman–Crippen MR) is 219 cm³/mol. The van der Waals surface area contributed by atoms with E-state index < -0.39 is 13.9 Å². The van der Waals surface area contributed by atoms with Crippen LogP contribution in [0.25, 0.3) is 0 Å². The number of hydrogen-bond donors (Lipinski definition) is 1. The van der Waals surface area contributed by atoms with Crippen LogP contribution in [-0.2, 0) is 27.9 Å². The summed E-state index contributed by atoms with van der Waals surface area (Å²) in [7, 11) is 1.64. The lowest BCUT2D eigenvalue weighted by Crippen LogP contribution is -2.37. The molecule has 2 unspecified atom stereocenters. The van der Waals surface area contributed by atoms with Crippen molar-refractivity contribution in [1.29, 1.82) is 0 Å². The first-order valence-corrected chi connectivity index (χ1v) is 22.4. The zero-order valence-corrected chi connectivity index (χ0v) is 35.2. The van der Waals surface area contributed by atoms with Crippen molar-refractivity contribution < 1.29 is 37.3 Å². The molecule has 0 bridgehead atoms. The molecule has 0 saturated carbocycles. The van der Waals surface area contributed by atoms with Gasteiger partial charge in [0.1, 0.15) is 19.3 Å². The summed E-state index contributed by atoms with van der Waals surface area (Å²) in [6.45, 7) is 5.50. The summed E-state index contributed by atoms with van der Waals surface area (Å²) in [6.07, 6.45) is 42.8. The molecule has 0 heterocycles. The molecule has 0 rings (SSSR count). The van der Waals surface area contributed by atoms with Crippen molar-refractivity contribution in [2.45, 2.75) is 168 Å². The minimum Gasteiger partial charge on any atom is -0.457 e. The second kappa shape index (κ2) is 36.4. The van der Waals surface area contributed by atoms with Gasteiger partial charge in [0.15, 0.2) is 0 Å². The van der Waals surface area contributed by atoms with E-state index in [1.807, 2.05) is 21.1 Å². The maximum atomic E-state index is 12.7. The third kappa shape index (κ3) is 39.7. The topological polar surface area (TPSA) is 91.3 Å². The molecule has 0 fully saturated rings. The van der Waals surface area contributed by atoms with Gasteiger partial charge in [0.2, 0.25) is 0 Å². The summed E-state index contributed by atoms with van der Waals surface area (Å²) in [4.78, 5) is 22.8. The molecule has 2 atom stereocenters. The standard InChI is InChI=1S/C43H80NO7P/c1-6-8-10-12-14-16-18-20-22-23-25-27-29-31-33-35-38-48-40-42(41-50-52(46,47)49-39-37-44(3,4)5)51-43(45)36-34-32-30-28-26-24-21-19-17-15-13-11-9-7-2/h13-16,19-22,42H,6-12,17-18,23-41H2,1-5H3/p+1/b15-13-,16-14-,21-19-,22-20-. The van der Waals surface area contributed by atoms with Crippen molar-refractivity contribution in [3.63, 3.8) is 0 Å². The van der Waals surface area contributed by atoms with Gasteiger partial charge < -0.3 is 18.9 Å². The normalized spacial score (nSPS) is 14.3. The molecular formula is C43H81NO7P+. The molecule has 0 aromatic carbocycles. The van der Waals surface area contributed by atoms with Crippen LogP contribution in [0.1, 0.15) is 162 Å². The Labute approximate surface area is 320 Å². The zero-order valence-electron chi connectivity index (χ0n) is 34.3. The van der Waals surface area contributed by atoms with Gasteiger partial charge in [0.25, 0.3) is 0 Å². The Hall–Kier alpha value is -1.54. The highest BCUT2D eigenvalue weighted by molar-refractivity contribution is 7.47. The number of ether oxygens (including phenoxy) is 2. The second-order valence-electron chi connectivity index (χ2n) is 15.0. The number of rotatable bonds is 38. The lowest BCUT2D eigenvalue weighted by molar-refractivity contribution is -0.870. The second-order valence-corrected chi connectivity index (χ2v) is 16.5. The van der Waals surface area contributed by atoms with Gasteiger partial charge >= 0.3 is 13.8 Å². The number of esters is 1.